The van der Waals surface area contributed by atoms with Crippen LogP contribution in [0.2, 0.25) is 0 Å². The van der Waals surface area contributed by atoms with Gasteiger partial charge in [0.2, 0.25) is 9.84 Å². The van der Waals surface area contributed by atoms with Crippen LogP contribution in [0.5, 0.6) is 0 Å². The first-order valence-corrected chi connectivity index (χ1v) is 8.22. The Bertz CT molecular complexity index is 763. The molecule has 0 fully saturated rings. The van der Waals surface area contributed by atoms with Crippen LogP contribution < -0.4 is 5.73 Å². The summed E-state index contributed by atoms with van der Waals surface area (Å²) in [5, 5.41) is 8.84. The number of benzene rings is 2. The van der Waals surface area contributed by atoms with Gasteiger partial charge in [0.25, 0.3) is 0 Å². The number of nitrogens with two attached hydrogens (primary N) is 1. The van der Waals surface area contributed by atoms with E-state index in [2.05, 4.69) is 0 Å². The average molecular weight is 319 g/mol. The molecule has 2 aromatic carbocycles. The second kappa shape index (κ2) is 6.29. The van der Waals surface area contributed by atoms with E-state index in [0.717, 1.165) is 5.56 Å². The smallest absolute Gasteiger partial charge is 0.335 e. The number of hydrogen-bond donors (Lipinski definition) is 2. The summed E-state index contributed by atoms with van der Waals surface area (Å²) in [4.78, 5) is 11.0. The molecular formula is C16H17NO4S. The van der Waals surface area contributed by atoms with Crippen LogP contribution in [0, 0.1) is 0 Å². The summed E-state index contributed by atoms with van der Waals surface area (Å²) < 4.78 is 25.0. The monoisotopic (exact) mass is 319 g/mol. The summed E-state index contributed by atoms with van der Waals surface area (Å²) in [6.07, 6.45) is 0.674. The maximum absolute atomic E-state index is 12.5. The van der Waals surface area contributed by atoms with Crippen molar-refractivity contribution in [1.82, 2.24) is 0 Å². The standard InChI is InChI=1S/C16H17NO4S/c1-11(17)10-12-2-6-14(7-3-12)22(20,21)15-8-4-13(5-9-15)16(18)19/h2-9,11H,10,17H2,1H3,(H,18,19)/t11-/m0/s1. The predicted molar refractivity (Wildman–Crippen MR) is 82.6 cm³/mol. The van der Waals surface area contributed by atoms with Gasteiger partial charge in [0.15, 0.2) is 0 Å². The molecule has 2 aromatic rings. The van der Waals surface area contributed by atoms with Crippen molar-refractivity contribution in [3.63, 3.8) is 0 Å². The summed E-state index contributed by atoms with van der Waals surface area (Å²) in [5.41, 5.74) is 6.73. The molecule has 116 valence electrons. The van der Waals surface area contributed by atoms with E-state index in [1.165, 1.54) is 36.4 Å². The first-order chi connectivity index (χ1) is 10.3. The van der Waals surface area contributed by atoms with Crippen LogP contribution in [0.3, 0.4) is 0 Å². The van der Waals surface area contributed by atoms with Gasteiger partial charge in [0, 0.05) is 6.04 Å². The van der Waals surface area contributed by atoms with E-state index in [1.54, 1.807) is 12.1 Å². The molecule has 0 amide bonds. The van der Waals surface area contributed by atoms with Gasteiger partial charge < -0.3 is 10.8 Å². The first kappa shape index (κ1) is 16.2. The number of carbonyl (C=O) groups is 1. The molecule has 0 radical (unpaired) electrons. The predicted octanol–water partition coefficient (Wildman–Crippen LogP) is 2.11. The lowest BCUT2D eigenvalue weighted by Gasteiger charge is -2.08. The van der Waals surface area contributed by atoms with Crippen LogP contribution in [0.25, 0.3) is 0 Å². The molecule has 0 aliphatic carbocycles. The third-order valence-electron chi connectivity index (χ3n) is 3.20. The Morgan fingerprint density at radius 3 is 1.91 bits per heavy atom. The Balaban J connectivity index is 2.31. The lowest BCUT2D eigenvalue weighted by Crippen LogP contribution is -2.17. The van der Waals surface area contributed by atoms with Crippen LogP contribution in [-0.2, 0) is 16.3 Å². The van der Waals surface area contributed by atoms with Crippen LogP contribution in [-0.4, -0.2) is 25.5 Å². The molecule has 0 heterocycles. The molecule has 2 rings (SSSR count). The maximum Gasteiger partial charge on any atom is 0.335 e. The van der Waals surface area contributed by atoms with Crippen molar-refractivity contribution in [3.05, 3.63) is 59.7 Å². The Kier molecular flexibility index (Phi) is 4.63. The Labute approximate surface area is 129 Å². The van der Waals surface area contributed by atoms with Crippen molar-refractivity contribution in [2.75, 3.05) is 0 Å². The lowest BCUT2D eigenvalue weighted by molar-refractivity contribution is 0.0696. The second-order valence-corrected chi connectivity index (χ2v) is 7.11. The number of carboxylic acid groups (broad SMARTS) is 1. The number of aromatic carboxylic acids is 1. The highest BCUT2D eigenvalue weighted by atomic mass is 32.2. The minimum atomic E-state index is -3.65. The Hall–Kier alpha value is -2.18. The molecule has 5 nitrogen and oxygen atoms in total. The number of carboxylic acids is 1. The summed E-state index contributed by atoms with van der Waals surface area (Å²) in [7, 11) is -3.65. The minimum absolute atomic E-state index is 0.00557. The Morgan fingerprint density at radius 2 is 1.50 bits per heavy atom. The van der Waals surface area contributed by atoms with Gasteiger partial charge in [0.05, 0.1) is 15.4 Å². The normalized spacial score (nSPS) is 12.8. The summed E-state index contributed by atoms with van der Waals surface area (Å²) in [5.74, 6) is -1.09. The summed E-state index contributed by atoms with van der Waals surface area (Å²) in [6, 6.07) is 11.7. The molecule has 0 aliphatic heterocycles. The van der Waals surface area contributed by atoms with Crippen molar-refractivity contribution in [1.29, 1.82) is 0 Å². The molecular weight excluding hydrogens is 302 g/mol. The zero-order valence-corrected chi connectivity index (χ0v) is 12.9. The molecule has 0 unspecified atom stereocenters. The average Bonchev–Trinajstić information content (AvgIpc) is 2.47. The van der Waals surface area contributed by atoms with Crippen LogP contribution in [0.4, 0.5) is 0 Å². The Morgan fingerprint density at radius 1 is 1.05 bits per heavy atom. The minimum Gasteiger partial charge on any atom is -0.478 e. The molecule has 1 atom stereocenters. The van der Waals surface area contributed by atoms with Crippen LogP contribution in [0.15, 0.2) is 58.3 Å². The summed E-state index contributed by atoms with van der Waals surface area (Å²) in [6.45, 7) is 1.88. The van der Waals surface area contributed by atoms with Gasteiger partial charge in [-0.2, -0.15) is 0 Å². The molecule has 6 heteroatoms. The maximum atomic E-state index is 12.5. The van der Waals surface area contributed by atoms with Gasteiger partial charge in [-0.3, -0.25) is 0 Å². The highest BCUT2D eigenvalue weighted by Crippen LogP contribution is 2.22. The lowest BCUT2D eigenvalue weighted by atomic mass is 10.1. The highest BCUT2D eigenvalue weighted by Gasteiger charge is 2.18. The van der Waals surface area contributed by atoms with E-state index in [-0.39, 0.29) is 21.4 Å². The molecule has 0 bridgehead atoms. The van der Waals surface area contributed by atoms with E-state index >= 15 is 0 Å². The van der Waals surface area contributed by atoms with Gasteiger partial charge in [-0.25, -0.2) is 13.2 Å². The molecule has 3 N–H and O–H groups in total. The van der Waals surface area contributed by atoms with Crippen molar-refractivity contribution in [2.24, 2.45) is 5.73 Å². The quantitative estimate of drug-likeness (QED) is 0.879. The van der Waals surface area contributed by atoms with Gasteiger partial charge in [0.1, 0.15) is 0 Å². The topological polar surface area (TPSA) is 97.5 Å². The SMILES string of the molecule is C[C@H](N)Cc1ccc(S(=O)(=O)c2ccc(C(=O)O)cc2)cc1. The third kappa shape index (κ3) is 3.52. The van der Waals surface area contributed by atoms with E-state index in [1.807, 2.05) is 6.92 Å². The van der Waals surface area contributed by atoms with Gasteiger partial charge in [-0.1, -0.05) is 12.1 Å². The molecule has 0 aromatic heterocycles. The van der Waals surface area contributed by atoms with Crippen molar-refractivity contribution >= 4 is 15.8 Å². The fraction of sp³-hybridized carbons (Fsp3) is 0.188. The van der Waals surface area contributed by atoms with Gasteiger partial charge in [-0.15, -0.1) is 0 Å². The molecule has 22 heavy (non-hydrogen) atoms. The first-order valence-electron chi connectivity index (χ1n) is 6.73. The zero-order valence-electron chi connectivity index (χ0n) is 12.1. The van der Waals surface area contributed by atoms with E-state index in [9.17, 15) is 13.2 Å². The highest BCUT2D eigenvalue weighted by molar-refractivity contribution is 7.91. The van der Waals surface area contributed by atoms with E-state index < -0.39 is 15.8 Å². The molecule has 0 spiro atoms. The number of rotatable bonds is 5. The number of hydrogen-bond acceptors (Lipinski definition) is 4. The third-order valence-corrected chi connectivity index (χ3v) is 4.99. The molecule has 0 saturated carbocycles. The molecule has 0 aliphatic rings. The number of sulfone groups is 1. The molecule has 0 saturated heterocycles. The van der Waals surface area contributed by atoms with Gasteiger partial charge >= 0.3 is 5.97 Å². The fourth-order valence-corrected chi connectivity index (χ4v) is 3.35. The largest absolute Gasteiger partial charge is 0.478 e. The summed E-state index contributed by atoms with van der Waals surface area (Å²) >= 11 is 0. The van der Waals surface area contributed by atoms with Crippen LogP contribution >= 0.6 is 0 Å². The van der Waals surface area contributed by atoms with Crippen molar-refractivity contribution in [3.8, 4) is 0 Å². The van der Waals surface area contributed by atoms with Crippen molar-refractivity contribution in [2.45, 2.75) is 29.2 Å². The fourth-order valence-electron chi connectivity index (χ4n) is 2.09. The van der Waals surface area contributed by atoms with Gasteiger partial charge in [-0.05, 0) is 55.3 Å². The van der Waals surface area contributed by atoms with E-state index in [4.69, 9.17) is 10.8 Å². The van der Waals surface area contributed by atoms with E-state index in [0.29, 0.717) is 6.42 Å². The van der Waals surface area contributed by atoms with Crippen molar-refractivity contribution < 1.29 is 18.3 Å². The van der Waals surface area contributed by atoms with Crippen LogP contribution in [0.1, 0.15) is 22.8 Å². The second-order valence-electron chi connectivity index (χ2n) is 5.16. The zero-order chi connectivity index (χ0) is 16.3.